The van der Waals surface area contributed by atoms with E-state index in [1.54, 1.807) is 6.07 Å². The summed E-state index contributed by atoms with van der Waals surface area (Å²) in [7, 11) is -8.67. The molecule has 0 bridgehead atoms. The van der Waals surface area contributed by atoms with Crippen molar-refractivity contribution in [2.24, 2.45) is 0 Å². The average molecular weight is 383 g/mol. The van der Waals surface area contributed by atoms with Gasteiger partial charge in [-0.1, -0.05) is 0 Å². The van der Waals surface area contributed by atoms with Crippen molar-refractivity contribution in [1.29, 1.82) is 0 Å². The van der Waals surface area contributed by atoms with E-state index in [0.717, 1.165) is 6.07 Å². The fraction of sp³-hybridized carbons (Fsp3) is 0. The van der Waals surface area contributed by atoms with E-state index in [1.165, 1.54) is 6.07 Å². The molecule has 0 aromatic heterocycles. The zero-order chi connectivity index (χ0) is 21.2. The van der Waals surface area contributed by atoms with Crippen LogP contribution in [-0.2, 0) is 0 Å². The van der Waals surface area contributed by atoms with Crippen LogP contribution in [0.3, 0.4) is 0 Å². The molecule has 0 amide bonds. The maximum atomic E-state index is 12.4. The Morgan fingerprint density at radius 2 is 0.840 bits per heavy atom. The van der Waals surface area contributed by atoms with E-state index in [0.29, 0.717) is 30.7 Å². The van der Waals surface area contributed by atoms with Crippen LogP contribution in [0.1, 0.15) is 0 Å². The molecule has 0 aliphatic carbocycles. The summed E-state index contributed by atoms with van der Waals surface area (Å²) in [6.07, 6.45) is 0. The second kappa shape index (κ2) is 21.9. The van der Waals surface area contributed by atoms with Gasteiger partial charge in [0.2, 0.25) is 0 Å². The molecule has 0 unspecified atom stereocenters. The van der Waals surface area contributed by atoms with Gasteiger partial charge in [0.25, 0.3) is 0 Å². The van der Waals surface area contributed by atoms with E-state index < -0.39 is 40.9 Å². The second-order valence-electron chi connectivity index (χ2n) is 3.26. The number of hydrogen-bond donors (Lipinski definition) is 12. The van der Waals surface area contributed by atoms with Crippen molar-refractivity contribution in [3.05, 3.63) is 29.8 Å². The van der Waals surface area contributed by atoms with Crippen LogP contribution in [-0.4, -0.2) is 118 Å². The molecule has 0 saturated carbocycles. The maximum absolute atomic E-state index is 12.4. The Morgan fingerprint density at radius 3 is 1.00 bits per heavy atom. The molecule has 1 rings (SSSR count). The molecule has 12 nitrogen and oxygen atoms in total. The van der Waals surface area contributed by atoms with Gasteiger partial charge >= 0.3 is 98.6 Å². The monoisotopic (exact) mass is 384 g/mol. The summed E-state index contributed by atoms with van der Waals surface area (Å²) in [5, 5.41) is 86.0. The molecule has 0 saturated heterocycles. The third-order valence-corrected chi connectivity index (χ3v) is 1.92. The first-order valence-corrected chi connectivity index (χ1v) is 6.72. The van der Waals surface area contributed by atoms with Crippen LogP contribution in [0, 0.1) is 11.6 Å². The van der Waals surface area contributed by atoms with Crippen molar-refractivity contribution in [2.75, 3.05) is 0 Å². The van der Waals surface area contributed by atoms with Crippen molar-refractivity contribution in [3.63, 3.8) is 0 Å². The van der Waals surface area contributed by atoms with Crippen LogP contribution in [0.4, 0.5) is 8.78 Å². The minimum Gasteiger partial charge on any atom is -0.402 e. The van der Waals surface area contributed by atoms with Crippen LogP contribution >= 0.6 is 0 Å². The molecule has 25 heavy (non-hydrogen) atoms. The first-order chi connectivity index (χ1) is 11.1. The van der Waals surface area contributed by atoms with Crippen LogP contribution in [0.25, 0.3) is 0 Å². The summed E-state index contributed by atoms with van der Waals surface area (Å²) >= 11 is 0.560. The summed E-state index contributed by atoms with van der Waals surface area (Å²) in [6.45, 7) is 0. The Bertz CT molecular complexity index is 349. The Hall–Kier alpha value is -0.140. The van der Waals surface area contributed by atoms with Crippen molar-refractivity contribution in [3.8, 4) is 0 Å². The molecule has 1 aromatic rings. The van der Waals surface area contributed by atoms with Crippen LogP contribution in [0.15, 0.2) is 18.2 Å². The molecule has 12 N–H and O–H groups in total. The summed E-state index contributed by atoms with van der Waals surface area (Å²) in [4.78, 5) is 0. The zero-order valence-electron chi connectivity index (χ0n) is 12.7. The van der Waals surface area contributed by atoms with E-state index >= 15 is 0 Å². The van der Waals surface area contributed by atoms with Gasteiger partial charge in [-0.2, -0.15) is 0 Å². The standard InChI is InChI=1S/C6H3F2.4BH3O3.Na/c7-5-3-1-2-4-6(5)8;4*2-1(3)4;/h1-3H;4*2-4H;. The normalized spacial score (nSPS) is 7.84. The first kappa shape index (κ1) is 32.5. The topological polar surface area (TPSA) is 243 Å². The molecule has 138 valence electrons. The predicted octanol–water partition coefficient (Wildman–Crippen LogP) is -7.45. The van der Waals surface area contributed by atoms with E-state index in [4.69, 9.17) is 60.3 Å². The third kappa shape index (κ3) is 59.4. The summed E-state index contributed by atoms with van der Waals surface area (Å²) in [6, 6.07) is 4.22. The van der Waals surface area contributed by atoms with E-state index in [1.807, 2.05) is 0 Å². The van der Waals surface area contributed by atoms with Crippen molar-refractivity contribution < 1.29 is 69.1 Å². The van der Waals surface area contributed by atoms with Crippen LogP contribution in [0.2, 0.25) is 0 Å². The first-order valence-electron chi connectivity index (χ1n) is 5.72. The molecule has 0 spiro atoms. The quantitative estimate of drug-likeness (QED) is 0.187. The number of benzene rings is 1. The molecule has 0 atom stereocenters. The van der Waals surface area contributed by atoms with Crippen molar-refractivity contribution >= 4 is 60.0 Å². The molecular formula is C6H15B4F2NaO12. The molecule has 0 aliphatic rings. The fourth-order valence-corrected chi connectivity index (χ4v) is 1.04. The van der Waals surface area contributed by atoms with Gasteiger partial charge in [-0.25, -0.2) is 0 Å². The zero-order valence-corrected chi connectivity index (χ0v) is 14.7. The van der Waals surface area contributed by atoms with Gasteiger partial charge in [-0.3, -0.25) is 0 Å². The summed E-state index contributed by atoms with van der Waals surface area (Å²) < 4.78 is 25.1. The summed E-state index contributed by atoms with van der Waals surface area (Å²) in [5.74, 6) is -1.44. The largest absolute Gasteiger partial charge is 0.631 e. The SMILES string of the molecule is Fc1ccc[c]([Na])c1F.OB(O)O.OB(O)O.OB(O)O.OB(O)O. The van der Waals surface area contributed by atoms with E-state index in [9.17, 15) is 8.78 Å². The van der Waals surface area contributed by atoms with Gasteiger partial charge in [-0.05, 0) is 0 Å². The molecular weight excluding hydrogens is 368 g/mol. The smallest absolute Gasteiger partial charge is 0.402 e. The van der Waals surface area contributed by atoms with Crippen molar-refractivity contribution in [2.45, 2.75) is 0 Å². The van der Waals surface area contributed by atoms with Gasteiger partial charge in [0.15, 0.2) is 0 Å². The molecule has 0 aliphatic heterocycles. The minimum absolute atomic E-state index is 0.481. The average Bonchev–Trinajstić information content (AvgIpc) is 2.33. The Morgan fingerprint density at radius 1 is 0.600 bits per heavy atom. The molecule has 0 fully saturated rings. The van der Waals surface area contributed by atoms with E-state index in [2.05, 4.69) is 0 Å². The van der Waals surface area contributed by atoms with E-state index in [-0.39, 0.29) is 0 Å². The van der Waals surface area contributed by atoms with Crippen LogP contribution < -0.4 is 2.81 Å². The van der Waals surface area contributed by atoms with Gasteiger partial charge in [0.05, 0.1) is 0 Å². The number of halogens is 2. The maximum Gasteiger partial charge on any atom is 0.631 e. The molecule has 1 aromatic carbocycles. The predicted molar refractivity (Wildman–Crippen MR) is 81.4 cm³/mol. The van der Waals surface area contributed by atoms with Gasteiger partial charge in [-0.15, -0.1) is 0 Å². The fourth-order valence-electron chi connectivity index (χ4n) is 0.612. The Kier molecular flexibility index (Phi) is 28.5. The minimum atomic E-state index is -2.17. The van der Waals surface area contributed by atoms with Crippen LogP contribution in [0.5, 0.6) is 0 Å². The van der Waals surface area contributed by atoms with Gasteiger partial charge in [0, 0.05) is 0 Å². The number of hydrogen-bond acceptors (Lipinski definition) is 12. The van der Waals surface area contributed by atoms with Gasteiger partial charge < -0.3 is 60.3 Å². The molecule has 0 radical (unpaired) electrons. The number of rotatable bonds is 0. The second-order valence-corrected chi connectivity index (χ2v) is 4.33. The Labute approximate surface area is 159 Å². The Balaban J connectivity index is -0.000000119. The summed E-state index contributed by atoms with van der Waals surface area (Å²) in [5.41, 5.74) is 0. The van der Waals surface area contributed by atoms with Gasteiger partial charge in [0.1, 0.15) is 0 Å². The van der Waals surface area contributed by atoms with Crippen molar-refractivity contribution in [1.82, 2.24) is 0 Å². The molecule has 19 heteroatoms. The third-order valence-electron chi connectivity index (χ3n) is 1.14. The molecule has 0 heterocycles.